The van der Waals surface area contributed by atoms with Gasteiger partial charge in [0, 0.05) is 10.4 Å². The SMILES string of the molecule is CC(C)(C)NC(=O)NC(=O)COC(=O)C12C[C@@H]3C[C@H](CC(Cl)(C3)C1)C2. The van der Waals surface area contributed by atoms with Gasteiger partial charge in [0.2, 0.25) is 0 Å². The van der Waals surface area contributed by atoms with Gasteiger partial charge in [0.15, 0.2) is 6.61 Å². The van der Waals surface area contributed by atoms with Crippen molar-refractivity contribution < 1.29 is 19.1 Å². The number of amides is 3. The van der Waals surface area contributed by atoms with Crippen LogP contribution >= 0.6 is 11.6 Å². The third-order valence-electron chi connectivity index (χ3n) is 5.50. The monoisotopic (exact) mass is 370 g/mol. The van der Waals surface area contributed by atoms with Gasteiger partial charge >= 0.3 is 12.0 Å². The van der Waals surface area contributed by atoms with E-state index in [2.05, 4.69) is 10.6 Å². The molecule has 25 heavy (non-hydrogen) atoms. The van der Waals surface area contributed by atoms with Gasteiger partial charge in [-0.05, 0) is 71.1 Å². The van der Waals surface area contributed by atoms with E-state index in [1.807, 2.05) is 20.8 Å². The summed E-state index contributed by atoms with van der Waals surface area (Å²) in [6.07, 6.45) is 5.36. The van der Waals surface area contributed by atoms with E-state index in [-0.39, 0.29) is 10.8 Å². The van der Waals surface area contributed by atoms with E-state index >= 15 is 0 Å². The lowest BCUT2D eigenvalue weighted by atomic mass is 9.49. The summed E-state index contributed by atoms with van der Waals surface area (Å²) < 4.78 is 5.28. The number of halogens is 1. The van der Waals surface area contributed by atoms with Crippen molar-refractivity contribution >= 4 is 29.5 Å². The zero-order chi connectivity index (χ0) is 18.5. The summed E-state index contributed by atoms with van der Waals surface area (Å²) in [6, 6.07) is -0.594. The van der Waals surface area contributed by atoms with Gasteiger partial charge in [-0.3, -0.25) is 14.9 Å². The maximum absolute atomic E-state index is 12.7. The second-order valence-corrected chi connectivity index (χ2v) is 10.0. The van der Waals surface area contributed by atoms with Crippen molar-refractivity contribution in [3.63, 3.8) is 0 Å². The molecule has 6 nitrogen and oxygen atoms in total. The zero-order valence-electron chi connectivity index (χ0n) is 15.1. The first-order valence-electron chi connectivity index (χ1n) is 8.97. The molecule has 0 heterocycles. The molecule has 4 aliphatic carbocycles. The normalized spacial score (nSPS) is 36.0. The molecule has 4 saturated carbocycles. The molecule has 4 bridgehead atoms. The number of nitrogens with one attached hydrogen (secondary N) is 2. The Morgan fingerprint density at radius 3 is 2.24 bits per heavy atom. The molecule has 0 aromatic heterocycles. The van der Waals surface area contributed by atoms with Crippen molar-refractivity contribution in [3.05, 3.63) is 0 Å². The number of ether oxygens (including phenoxy) is 1. The second-order valence-electron chi connectivity index (χ2n) is 9.22. The molecule has 0 saturated heterocycles. The smallest absolute Gasteiger partial charge is 0.321 e. The molecule has 2 N–H and O–H groups in total. The largest absolute Gasteiger partial charge is 0.455 e. The minimum Gasteiger partial charge on any atom is -0.455 e. The molecule has 3 amide bonds. The quantitative estimate of drug-likeness (QED) is 0.591. The number of esters is 1. The number of rotatable bonds is 3. The van der Waals surface area contributed by atoms with Gasteiger partial charge in [-0.1, -0.05) is 0 Å². The molecule has 4 fully saturated rings. The first-order chi connectivity index (χ1) is 11.5. The van der Waals surface area contributed by atoms with Crippen LogP contribution in [0.15, 0.2) is 0 Å². The van der Waals surface area contributed by atoms with Crippen molar-refractivity contribution in [2.45, 2.75) is 69.7 Å². The fourth-order valence-corrected chi connectivity index (χ4v) is 5.90. The Hall–Kier alpha value is -1.30. The molecule has 4 rings (SSSR count). The van der Waals surface area contributed by atoms with E-state index < -0.39 is 29.5 Å². The van der Waals surface area contributed by atoms with E-state index in [0.29, 0.717) is 18.3 Å². The molecule has 0 aromatic carbocycles. The number of alkyl halides is 1. The van der Waals surface area contributed by atoms with Crippen LogP contribution in [0.25, 0.3) is 0 Å². The molecular weight excluding hydrogens is 344 g/mol. The predicted octanol–water partition coefficient (Wildman–Crippen LogP) is 2.73. The maximum Gasteiger partial charge on any atom is 0.321 e. The van der Waals surface area contributed by atoms with Crippen LogP contribution in [0.1, 0.15) is 59.3 Å². The molecule has 140 valence electrons. The van der Waals surface area contributed by atoms with Crippen molar-refractivity contribution in [3.8, 4) is 0 Å². The summed E-state index contributed by atoms with van der Waals surface area (Å²) in [4.78, 5) is 36.0. The third-order valence-corrected chi connectivity index (χ3v) is 5.94. The van der Waals surface area contributed by atoms with Crippen LogP contribution in [0, 0.1) is 17.3 Å². The fourth-order valence-electron chi connectivity index (χ4n) is 5.21. The van der Waals surface area contributed by atoms with Crippen LogP contribution in [0.4, 0.5) is 4.79 Å². The van der Waals surface area contributed by atoms with Crippen LogP contribution in [0.5, 0.6) is 0 Å². The molecule has 7 heteroatoms. The molecule has 0 spiro atoms. The number of carbonyl (C=O) groups excluding carboxylic acids is 3. The number of carbonyl (C=O) groups is 3. The summed E-state index contributed by atoms with van der Waals surface area (Å²) in [5.41, 5.74) is -0.991. The average molecular weight is 371 g/mol. The Labute approximate surface area is 153 Å². The zero-order valence-corrected chi connectivity index (χ0v) is 15.9. The van der Waals surface area contributed by atoms with Crippen molar-refractivity contribution in [2.75, 3.05) is 6.61 Å². The topological polar surface area (TPSA) is 84.5 Å². The van der Waals surface area contributed by atoms with E-state index in [1.54, 1.807) is 0 Å². The first-order valence-corrected chi connectivity index (χ1v) is 9.35. The van der Waals surface area contributed by atoms with Crippen LogP contribution in [0.3, 0.4) is 0 Å². The van der Waals surface area contributed by atoms with Gasteiger partial charge < -0.3 is 10.1 Å². The van der Waals surface area contributed by atoms with Crippen molar-refractivity contribution in [2.24, 2.45) is 17.3 Å². The third kappa shape index (κ3) is 4.10. The van der Waals surface area contributed by atoms with E-state index in [9.17, 15) is 14.4 Å². The highest BCUT2D eigenvalue weighted by Gasteiger charge is 2.60. The molecule has 4 aliphatic rings. The molecule has 0 unspecified atom stereocenters. The highest BCUT2D eigenvalue weighted by molar-refractivity contribution is 6.24. The molecular formula is C18H27ClN2O4. The lowest BCUT2D eigenvalue weighted by molar-refractivity contribution is -0.171. The van der Waals surface area contributed by atoms with Gasteiger partial charge in [-0.25, -0.2) is 4.79 Å². The Balaban J connectivity index is 1.53. The Kier molecular flexibility index (Phi) is 4.55. The van der Waals surface area contributed by atoms with E-state index in [0.717, 1.165) is 32.1 Å². The van der Waals surface area contributed by atoms with Gasteiger partial charge in [0.05, 0.1) is 5.41 Å². The Bertz CT molecular complexity index is 584. The van der Waals surface area contributed by atoms with Gasteiger partial charge in [0.25, 0.3) is 5.91 Å². The molecule has 2 atom stereocenters. The number of hydrogen-bond donors (Lipinski definition) is 2. The van der Waals surface area contributed by atoms with Crippen LogP contribution < -0.4 is 10.6 Å². The summed E-state index contributed by atoms with van der Waals surface area (Å²) in [7, 11) is 0. The van der Waals surface area contributed by atoms with Gasteiger partial charge in [-0.15, -0.1) is 11.6 Å². The minimum absolute atomic E-state index is 0.280. The summed E-state index contributed by atoms with van der Waals surface area (Å²) in [6.45, 7) is 4.99. The highest BCUT2D eigenvalue weighted by atomic mass is 35.5. The Morgan fingerprint density at radius 2 is 1.72 bits per heavy atom. The molecule has 0 aliphatic heterocycles. The lowest BCUT2D eigenvalue weighted by Gasteiger charge is -2.58. The summed E-state index contributed by atoms with van der Waals surface area (Å²) in [5.74, 6) is 0.00815. The van der Waals surface area contributed by atoms with Gasteiger partial charge in [0.1, 0.15) is 0 Å². The minimum atomic E-state index is -0.625. The average Bonchev–Trinajstić information content (AvgIpc) is 2.39. The predicted molar refractivity (Wildman–Crippen MR) is 93.1 cm³/mol. The second kappa shape index (κ2) is 6.15. The highest BCUT2D eigenvalue weighted by Crippen LogP contribution is 2.64. The lowest BCUT2D eigenvalue weighted by Crippen LogP contribution is -2.56. The maximum atomic E-state index is 12.7. The fraction of sp³-hybridized carbons (Fsp3) is 0.833. The van der Waals surface area contributed by atoms with Crippen LogP contribution in [0.2, 0.25) is 0 Å². The number of imide groups is 1. The standard InChI is InChI=1S/C18H27ClN2O4/c1-16(2,3)21-15(24)20-13(22)9-25-14(23)17-5-11-4-12(6-17)8-18(19,7-11)10-17/h11-12H,4-10H2,1-3H3,(H2,20,21,22,24)/t11-,12-,17?,18?/m0/s1. The molecule has 0 aromatic rings. The Morgan fingerprint density at radius 1 is 1.12 bits per heavy atom. The summed E-state index contributed by atoms with van der Waals surface area (Å²) >= 11 is 6.72. The van der Waals surface area contributed by atoms with Gasteiger partial charge in [-0.2, -0.15) is 0 Å². The van der Waals surface area contributed by atoms with Crippen LogP contribution in [-0.2, 0) is 14.3 Å². The van der Waals surface area contributed by atoms with Crippen molar-refractivity contribution in [1.29, 1.82) is 0 Å². The summed E-state index contributed by atoms with van der Waals surface area (Å²) in [5, 5.41) is 4.80. The van der Waals surface area contributed by atoms with E-state index in [4.69, 9.17) is 16.3 Å². The van der Waals surface area contributed by atoms with Crippen molar-refractivity contribution in [1.82, 2.24) is 10.6 Å². The number of urea groups is 1. The van der Waals surface area contributed by atoms with Crippen LogP contribution in [-0.4, -0.2) is 34.9 Å². The molecule has 0 radical (unpaired) electrons. The number of hydrogen-bond acceptors (Lipinski definition) is 4. The van der Waals surface area contributed by atoms with E-state index in [1.165, 1.54) is 0 Å². The first kappa shape index (κ1) is 18.5.